The van der Waals surface area contributed by atoms with Crippen molar-refractivity contribution in [2.75, 3.05) is 11.4 Å². The Morgan fingerprint density at radius 1 is 1.43 bits per heavy atom. The van der Waals surface area contributed by atoms with E-state index in [1.165, 1.54) is 0 Å². The van der Waals surface area contributed by atoms with E-state index < -0.39 is 0 Å². The minimum absolute atomic E-state index is 0.0328. The van der Waals surface area contributed by atoms with Crippen LogP contribution in [0.4, 0.5) is 5.69 Å². The van der Waals surface area contributed by atoms with Gasteiger partial charge in [0, 0.05) is 23.5 Å². The van der Waals surface area contributed by atoms with Crippen LogP contribution in [0.1, 0.15) is 6.42 Å². The van der Waals surface area contributed by atoms with Crippen LogP contribution < -0.4 is 10.6 Å². The van der Waals surface area contributed by atoms with Crippen LogP contribution in [0.25, 0.3) is 0 Å². The Morgan fingerprint density at radius 2 is 2.14 bits per heavy atom. The molecule has 14 heavy (non-hydrogen) atoms. The fraction of sp³-hybridized carbons (Fsp3) is 0.300. The Hall–Kier alpha value is -0.870. The van der Waals surface area contributed by atoms with Gasteiger partial charge in [-0.3, -0.25) is 4.79 Å². The van der Waals surface area contributed by atoms with Gasteiger partial charge < -0.3 is 10.6 Å². The van der Waals surface area contributed by atoms with Crippen LogP contribution in [-0.4, -0.2) is 18.5 Å². The lowest BCUT2D eigenvalue weighted by atomic mass is 10.3. The van der Waals surface area contributed by atoms with E-state index in [0.29, 0.717) is 13.0 Å². The van der Waals surface area contributed by atoms with Gasteiger partial charge in [-0.2, -0.15) is 0 Å². The SMILES string of the molecule is NC1CC(=O)N(c2ccccc2Br)C1. The highest BCUT2D eigenvalue weighted by Crippen LogP contribution is 2.28. The number of hydrogen-bond acceptors (Lipinski definition) is 2. The van der Waals surface area contributed by atoms with Crippen molar-refractivity contribution in [1.82, 2.24) is 0 Å². The molecule has 2 N–H and O–H groups in total. The first kappa shape index (κ1) is 9.68. The number of nitrogens with zero attached hydrogens (tertiary/aromatic N) is 1. The van der Waals surface area contributed by atoms with Gasteiger partial charge in [0.25, 0.3) is 0 Å². The van der Waals surface area contributed by atoms with Crippen LogP contribution in [0.15, 0.2) is 28.7 Å². The largest absolute Gasteiger partial charge is 0.326 e. The standard InChI is InChI=1S/C10H11BrN2O/c11-8-3-1-2-4-9(8)13-6-7(12)5-10(13)14/h1-4,7H,5-6,12H2. The van der Waals surface area contributed by atoms with Crippen molar-refractivity contribution >= 4 is 27.5 Å². The topological polar surface area (TPSA) is 46.3 Å². The lowest BCUT2D eigenvalue weighted by molar-refractivity contribution is -0.117. The number of halogens is 1. The third-order valence-corrected chi connectivity index (χ3v) is 2.97. The first-order valence-corrected chi connectivity index (χ1v) is 5.28. The number of rotatable bonds is 1. The van der Waals surface area contributed by atoms with Gasteiger partial charge in [-0.15, -0.1) is 0 Å². The summed E-state index contributed by atoms with van der Waals surface area (Å²) in [6.07, 6.45) is 0.446. The van der Waals surface area contributed by atoms with Gasteiger partial charge in [0.05, 0.1) is 5.69 Å². The number of benzene rings is 1. The van der Waals surface area contributed by atoms with Gasteiger partial charge in [-0.1, -0.05) is 12.1 Å². The van der Waals surface area contributed by atoms with Gasteiger partial charge in [-0.25, -0.2) is 0 Å². The molecule has 3 nitrogen and oxygen atoms in total. The fourth-order valence-electron chi connectivity index (χ4n) is 1.64. The maximum absolute atomic E-state index is 11.6. The van der Waals surface area contributed by atoms with Gasteiger partial charge in [0.2, 0.25) is 5.91 Å². The molecule has 1 aliphatic heterocycles. The van der Waals surface area contributed by atoms with Crippen LogP contribution in [-0.2, 0) is 4.79 Å². The molecule has 1 fully saturated rings. The predicted molar refractivity (Wildman–Crippen MR) is 59.1 cm³/mol. The van der Waals surface area contributed by atoms with Crippen molar-refractivity contribution < 1.29 is 4.79 Å². The van der Waals surface area contributed by atoms with E-state index in [4.69, 9.17) is 5.73 Å². The third kappa shape index (κ3) is 1.67. The molecule has 1 atom stereocenters. The van der Waals surface area contributed by atoms with Gasteiger partial charge >= 0.3 is 0 Å². The molecule has 0 radical (unpaired) electrons. The van der Waals surface area contributed by atoms with E-state index >= 15 is 0 Å². The minimum Gasteiger partial charge on any atom is -0.326 e. The summed E-state index contributed by atoms with van der Waals surface area (Å²) in [7, 11) is 0. The maximum Gasteiger partial charge on any atom is 0.228 e. The first-order valence-electron chi connectivity index (χ1n) is 4.49. The van der Waals surface area contributed by atoms with E-state index in [9.17, 15) is 4.79 Å². The molecule has 1 aromatic carbocycles. The molecule has 2 rings (SSSR count). The summed E-state index contributed by atoms with van der Waals surface area (Å²) in [5.41, 5.74) is 6.63. The summed E-state index contributed by atoms with van der Waals surface area (Å²) >= 11 is 3.42. The van der Waals surface area contributed by atoms with Crippen molar-refractivity contribution in [3.63, 3.8) is 0 Å². The quantitative estimate of drug-likeness (QED) is 0.826. The Kier molecular flexibility index (Phi) is 2.56. The molecular weight excluding hydrogens is 244 g/mol. The molecule has 1 heterocycles. The predicted octanol–water partition coefficient (Wildman–Crippen LogP) is 1.51. The van der Waals surface area contributed by atoms with Crippen LogP contribution in [0.5, 0.6) is 0 Å². The summed E-state index contributed by atoms with van der Waals surface area (Å²) in [6, 6.07) is 7.65. The smallest absolute Gasteiger partial charge is 0.228 e. The Labute approximate surface area is 91.0 Å². The molecule has 1 saturated heterocycles. The zero-order valence-corrected chi connectivity index (χ0v) is 9.20. The highest BCUT2D eigenvalue weighted by atomic mass is 79.9. The molecular formula is C10H11BrN2O. The van der Waals surface area contributed by atoms with Crippen LogP contribution in [0.3, 0.4) is 0 Å². The molecule has 74 valence electrons. The lowest BCUT2D eigenvalue weighted by Crippen LogP contribution is -2.28. The number of para-hydroxylation sites is 1. The molecule has 0 aliphatic carbocycles. The number of hydrogen-bond donors (Lipinski definition) is 1. The van der Waals surface area contributed by atoms with Crippen LogP contribution in [0.2, 0.25) is 0 Å². The minimum atomic E-state index is -0.0328. The van der Waals surface area contributed by atoms with E-state index in [1.54, 1.807) is 4.90 Å². The molecule has 0 saturated carbocycles. The second-order valence-electron chi connectivity index (χ2n) is 3.42. The van der Waals surface area contributed by atoms with E-state index in [2.05, 4.69) is 15.9 Å². The summed E-state index contributed by atoms with van der Waals surface area (Å²) < 4.78 is 0.933. The molecule has 1 aliphatic rings. The number of anilines is 1. The van der Waals surface area contributed by atoms with Crippen molar-refractivity contribution in [3.05, 3.63) is 28.7 Å². The van der Waals surface area contributed by atoms with E-state index in [1.807, 2.05) is 24.3 Å². The number of amides is 1. The fourth-order valence-corrected chi connectivity index (χ4v) is 2.14. The molecule has 0 aromatic heterocycles. The summed E-state index contributed by atoms with van der Waals surface area (Å²) in [6.45, 7) is 0.613. The second-order valence-corrected chi connectivity index (χ2v) is 4.27. The highest BCUT2D eigenvalue weighted by molar-refractivity contribution is 9.10. The van der Waals surface area contributed by atoms with Crippen molar-refractivity contribution in [2.45, 2.75) is 12.5 Å². The van der Waals surface area contributed by atoms with Crippen molar-refractivity contribution in [2.24, 2.45) is 5.73 Å². The zero-order chi connectivity index (χ0) is 10.1. The van der Waals surface area contributed by atoms with Crippen molar-refractivity contribution in [3.8, 4) is 0 Å². The molecule has 0 spiro atoms. The van der Waals surface area contributed by atoms with E-state index in [0.717, 1.165) is 10.2 Å². The average molecular weight is 255 g/mol. The summed E-state index contributed by atoms with van der Waals surface area (Å²) in [5.74, 6) is 0.101. The third-order valence-electron chi connectivity index (χ3n) is 2.30. The Bertz CT molecular complexity index is 367. The van der Waals surface area contributed by atoms with Gasteiger partial charge in [0.1, 0.15) is 0 Å². The average Bonchev–Trinajstić information content (AvgIpc) is 2.46. The van der Waals surface area contributed by atoms with Crippen LogP contribution in [0, 0.1) is 0 Å². The normalized spacial score (nSPS) is 21.7. The second kappa shape index (κ2) is 3.71. The molecule has 1 aromatic rings. The molecule has 1 unspecified atom stereocenters. The lowest BCUT2D eigenvalue weighted by Gasteiger charge is -2.17. The first-order chi connectivity index (χ1) is 6.68. The highest BCUT2D eigenvalue weighted by Gasteiger charge is 2.28. The zero-order valence-electron chi connectivity index (χ0n) is 7.61. The molecule has 0 bridgehead atoms. The van der Waals surface area contributed by atoms with Crippen molar-refractivity contribution in [1.29, 1.82) is 0 Å². The van der Waals surface area contributed by atoms with Gasteiger partial charge in [0.15, 0.2) is 0 Å². The Morgan fingerprint density at radius 3 is 2.71 bits per heavy atom. The van der Waals surface area contributed by atoms with Gasteiger partial charge in [-0.05, 0) is 28.1 Å². The summed E-state index contributed by atoms with van der Waals surface area (Å²) in [4.78, 5) is 13.3. The summed E-state index contributed by atoms with van der Waals surface area (Å²) in [5, 5.41) is 0. The van der Waals surface area contributed by atoms with E-state index in [-0.39, 0.29) is 11.9 Å². The molecule has 1 amide bonds. The number of nitrogens with two attached hydrogens (primary N) is 1. The monoisotopic (exact) mass is 254 g/mol. The number of carbonyl (C=O) groups is 1. The Balaban J connectivity index is 2.32. The number of carbonyl (C=O) groups excluding carboxylic acids is 1. The molecule has 4 heteroatoms. The maximum atomic E-state index is 11.6. The van der Waals surface area contributed by atoms with Crippen LogP contribution >= 0.6 is 15.9 Å².